The summed E-state index contributed by atoms with van der Waals surface area (Å²) in [5.74, 6) is 2.69. The Morgan fingerprint density at radius 3 is 2.83 bits per heavy atom. The highest BCUT2D eigenvalue weighted by Gasteiger charge is 2.26. The molecule has 29 heavy (non-hydrogen) atoms. The topological polar surface area (TPSA) is 73.1 Å². The van der Waals surface area contributed by atoms with Crippen LogP contribution < -0.4 is 5.32 Å². The molecule has 0 saturated carbocycles. The number of hydrogen-bond donors (Lipinski definition) is 1. The van der Waals surface area contributed by atoms with Crippen molar-refractivity contribution in [3.8, 4) is 0 Å². The van der Waals surface area contributed by atoms with E-state index < -0.39 is 0 Å². The van der Waals surface area contributed by atoms with Crippen LogP contribution in [0.1, 0.15) is 47.9 Å². The second kappa shape index (κ2) is 8.06. The summed E-state index contributed by atoms with van der Waals surface area (Å²) in [6.45, 7) is 3.71. The van der Waals surface area contributed by atoms with Crippen LogP contribution in [-0.2, 0) is 37.3 Å². The molecule has 6 nitrogen and oxygen atoms in total. The average molecular weight is 496 g/mol. The van der Waals surface area contributed by atoms with Crippen LogP contribution >= 0.6 is 39.3 Å². The molecule has 2 aromatic heterocycles. The van der Waals surface area contributed by atoms with E-state index in [2.05, 4.69) is 33.3 Å². The monoisotopic (exact) mass is 494 g/mol. The Morgan fingerprint density at radius 2 is 1.97 bits per heavy atom. The van der Waals surface area contributed by atoms with Gasteiger partial charge in [-0.15, -0.1) is 0 Å². The van der Waals surface area contributed by atoms with Gasteiger partial charge in [-0.05, 0) is 52.1 Å². The van der Waals surface area contributed by atoms with Crippen molar-refractivity contribution in [3.05, 3.63) is 37.6 Å². The van der Waals surface area contributed by atoms with Crippen LogP contribution in [-0.4, -0.2) is 20.9 Å². The maximum atomic E-state index is 6.69. The normalized spacial score (nSPS) is 15.6. The van der Waals surface area contributed by atoms with Gasteiger partial charge in [0.2, 0.25) is 0 Å². The van der Waals surface area contributed by atoms with Crippen molar-refractivity contribution in [2.45, 2.75) is 57.5 Å². The summed E-state index contributed by atoms with van der Waals surface area (Å²) >= 11 is 11.9. The first-order valence-corrected chi connectivity index (χ1v) is 11.9. The van der Waals surface area contributed by atoms with Gasteiger partial charge in [-0.2, -0.15) is 0 Å². The first-order chi connectivity index (χ1) is 14.2. The second-order valence-electron chi connectivity index (χ2n) is 7.18. The second-order valence-corrected chi connectivity index (χ2v) is 9.58. The number of ether oxygens (including phenoxy) is 1. The Morgan fingerprint density at radius 1 is 1.14 bits per heavy atom. The molecule has 0 atom stereocenters. The van der Waals surface area contributed by atoms with Gasteiger partial charge in [0.25, 0.3) is 0 Å². The van der Waals surface area contributed by atoms with E-state index in [9.17, 15) is 0 Å². The summed E-state index contributed by atoms with van der Waals surface area (Å²) in [5, 5.41) is 10.1. The van der Waals surface area contributed by atoms with E-state index in [0.717, 1.165) is 62.4 Å². The molecule has 0 radical (unpaired) electrons. The highest BCUT2D eigenvalue weighted by molar-refractivity contribution is 9.10. The molecule has 0 bridgehead atoms. The smallest absolute Gasteiger partial charge is 0.190 e. The van der Waals surface area contributed by atoms with Crippen LogP contribution in [0.15, 0.2) is 14.2 Å². The van der Waals surface area contributed by atoms with E-state index >= 15 is 0 Å². The Kier molecular flexibility index (Phi) is 5.45. The number of fused-ring (bicyclic) bond motifs is 4. The summed E-state index contributed by atoms with van der Waals surface area (Å²) < 4.78 is 12.1. The summed E-state index contributed by atoms with van der Waals surface area (Å²) in [5.41, 5.74) is 5.13. The van der Waals surface area contributed by atoms with E-state index in [-0.39, 0.29) is 0 Å². The number of aryl methyl sites for hydroxylation is 1. The molecule has 9 heteroatoms. The lowest BCUT2D eigenvalue weighted by Crippen LogP contribution is -2.09. The van der Waals surface area contributed by atoms with Crippen molar-refractivity contribution in [3.63, 3.8) is 0 Å². The minimum Gasteiger partial charge on any atom is -0.372 e. The summed E-state index contributed by atoms with van der Waals surface area (Å²) in [4.78, 5) is 9.54. The minimum atomic E-state index is 0.527. The predicted molar refractivity (Wildman–Crippen MR) is 118 cm³/mol. The molecule has 0 saturated heterocycles. The maximum Gasteiger partial charge on any atom is 0.190 e. The largest absolute Gasteiger partial charge is 0.372 e. The number of rotatable bonds is 5. The molecule has 1 N–H and O–H groups in total. The zero-order chi connectivity index (χ0) is 20.0. The van der Waals surface area contributed by atoms with Crippen LogP contribution in [0.25, 0.3) is 10.9 Å². The maximum absolute atomic E-state index is 6.69. The first kappa shape index (κ1) is 19.6. The zero-order valence-corrected chi connectivity index (χ0v) is 19.1. The molecule has 3 aromatic rings. The number of benzene rings is 1. The minimum absolute atomic E-state index is 0.527. The van der Waals surface area contributed by atoms with Gasteiger partial charge in [0.1, 0.15) is 17.3 Å². The van der Waals surface area contributed by atoms with Gasteiger partial charge in [0, 0.05) is 16.5 Å². The first-order valence-electron chi connectivity index (χ1n) is 9.78. The highest BCUT2D eigenvalue weighted by Crippen LogP contribution is 2.43. The predicted octanol–water partition coefficient (Wildman–Crippen LogP) is 5.67. The van der Waals surface area contributed by atoms with E-state index in [1.165, 1.54) is 18.4 Å². The van der Waals surface area contributed by atoms with Crippen LogP contribution in [0.5, 0.6) is 0 Å². The molecule has 0 amide bonds. The molecule has 1 aromatic carbocycles. The average Bonchev–Trinajstić information content (AvgIpc) is 3.38. The number of halogens is 2. The lowest BCUT2D eigenvalue weighted by molar-refractivity contribution is 0.134. The fourth-order valence-corrected chi connectivity index (χ4v) is 5.41. The van der Waals surface area contributed by atoms with Gasteiger partial charge in [0.15, 0.2) is 5.16 Å². The van der Waals surface area contributed by atoms with Crippen LogP contribution in [0, 0.1) is 0 Å². The standard InChI is InChI=1S/C20H20BrClN4O2S/c1-2-29-20-24-18-15(11-8-27-9-12(11)16(21)17(18)22)19(25-20)23-7-13-10-5-3-4-6-14(10)28-26-13/h2-9H2,1H3,(H,23,24,25). The van der Waals surface area contributed by atoms with Crippen LogP contribution in [0.2, 0.25) is 5.02 Å². The molecular formula is C20H20BrClN4O2S. The summed E-state index contributed by atoms with van der Waals surface area (Å²) in [6.07, 6.45) is 4.36. The number of aromatic nitrogens is 3. The van der Waals surface area contributed by atoms with Crippen molar-refractivity contribution in [1.29, 1.82) is 0 Å². The van der Waals surface area contributed by atoms with E-state index in [0.29, 0.717) is 29.9 Å². The molecule has 2 aliphatic rings. The third-order valence-corrected chi connectivity index (χ3v) is 7.64. The van der Waals surface area contributed by atoms with Crippen LogP contribution in [0.4, 0.5) is 5.82 Å². The van der Waals surface area contributed by atoms with E-state index in [1.807, 2.05) is 0 Å². The molecule has 1 aliphatic carbocycles. The SMILES string of the molecule is CCSc1nc(NCc2noc3c2CCCC3)c2c3c(c(Br)c(Cl)c2n1)COC3. The Bertz CT molecular complexity index is 1100. The van der Waals surface area contributed by atoms with Gasteiger partial charge < -0.3 is 14.6 Å². The van der Waals surface area contributed by atoms with Crippen molar-refractivity contribution < 1.29 is 9.26 Å². The van der Waals surface area contributed by atoms with Gasteiger partial charge in [-0.3, -0.25) is 0 Å². The van der Waals surface area contributed by atoms with Crippen LogP contribution in [0.3, 0.4) is 0 Å². The fraction of sp³-hybridized carbons (Fsp3) is 0.450. The fourth-order valence-electron chi connectivity index (χ4n) is 4.05. The summed E-state index contributed by atoms with van der Waals surface area (Å²) in [6, 6.07) is 0. The number of nitrogens with one attached hydrogen (secondary N) is 1. The van der Waals surface area contributed by atoms with E-state index in [1.54, 1.807) is 11.8 Å². The summed E-state index contributed by atoms with van der Waals surface area (Å²) in [7, 11) is 0. The number of thioether (sulfide) groups is 1. The number of hydrogen-bond acceptors (Lipinski definition) is 7. The van der Waals surface area contributed by atoms with Gasteiger partial charge in [-0.1, -0.05) is 35.4 Å². The third-order valence-electron chi connectivity index (χ3n) is 5.44. The Labute approximate surface area is 186 Å². The molecule has 152 valence electrons. The quantitative estimate of drug-likeness (QED) is 0.361. The number of anilines is 1. The highest BCUT2D eigenvalue weighted by atomic mass is 79.9. The van der Waals surface area contributed by atoms with Gasteiger partial charge >= 0.3 is 0 Å². The molecule has 0 unspecified atom stereocenters. The third kappa shape index (κ3) is 3.44. The van der Waals surface area contributed by atoms with Gasteiger partial charge in [0.05, 0.1) is 35.7 Å². The molecule has 0 fully saturated rings. The molecule has 3 heterocycles. The zero-order valence-electron chi connectivity index (χ0n) is 16.0. The Hall–Kier alpha value is -1.35. The van der Waals surface area contributed by atoms with Gasteiger partial charge in [-0.25, -0.2) is 9.97 Å². The van der Waals surface area contributed by atoms with Crippen molar-refractivity contribution in [2.24, 2.45) is 0 Å². The molecule has 1 aliphatic heterocycles. The van der Waals surface area contributed by atoms with Crippen molar-refractivity contribution in [2.75, 3.05) is 11.1 Å². The molecule has 0 spiro atoms. The van der Waals surface area contributed by atoms with E-state index in [4.69, 9.17) is 30.8 Å². The van der Waals surface area contributed by atoms with Crippen molar-refractivity contribution in [1.82, 2.24) is 15.1 Å². The Balaban J connectivity index is 1.59. The lowest BCUT2D eigenvalue weighted by Gasteiger charge is -2.15. The van der Waals surface area contributed by atoms with Crippen molar-refractivity contribution >= 4 is 56.0 Å². The molecule has 5 rings (SSSR count). The lowest BCUT2D eigenvalue weighted by atomic mass is 9.96. The number of nitrogens with zero attached hydrogens (tertiary/aromatic N) is 3. The molecular weight excluding hydrogens is 476 g/mol.